The van der Waals surface area contributed by atoms with Gasteiger partial charge < -0.3 is 5.73 Å². The minimum Gasteiger partial charge on any atom is -0.328 e. The van der Waals surface area contributed by atoms with E-state index in [0.29, 0.717) is 6.04 Å². The molecule has 2 N–H and O–H groups in total. The summed E-state index contributed by atoms with van der Waals surface area (Å²) in [4.78, 5) is 0. The molecular formula is C9H16ClN. The Morgan fingerprint density at radius 2 is 2.00 bits per heavy atom. The van der Waals surface area contributed by atoms with Crippen LogP contribution in [0.15, 0.2) is 12.2 Å². The fraction of sp³-hybridized carbons (Fsp3) is 0.778. The average molecular weight is 174 g/mol. The molecule has 3 unspecified atom stereocenters. The summed E-state index contributed by atoms with van der Waals surface area (Å²) in [5.41, 5.74) is 5.89. The molecule has 0 aromatic carbocycles. The molecule has 2 bridgehead atoms. The topological polar surface area (TPSA) is 26.0 Å². The molecule has 2 aliphatic carbocycles. The van der Waals surface area contributed by atoms with Gasteiger partial charge in [-0.25, -0.2) is 0 Å². The second-order valence-corrected chi connectivity index (χ2v) is 3.76. The van der Waals surface area contributed by atoms with Crippen LogP contribution in [0.1, 0.15) is 25.7 Å². The Bertz CT molecular complexity index is 156. The van der Waals surface area contributed by atoms with Crippen LogP contribution in [0.5, 0.6) is 0 Å². The molecule has 11 heavy (non-hydrogen) atoms. The Labute approximate surface area is 74.5 Å². The molecule has 0 saturated heterocycles. The lowest BCUT2D eigenvalue weighted by Gasteiger charge is -2.34. The summed E-state index contributed by atoms with van der Waals surface area (Å²) < 4.78 is 0. The van der Waals surface area contributed by atoms with Crippen molar-refractivity contribution in [2.24, 2.45) is 17.6 Å². The third-order valence-corrected chi connectivity index (χ3v) is 2.76. The maximum absolute atomic E-state index is 5.89. The Hall–Kier alpha value is -0.0100. The van der Waals surface area contributed by atoms with E-state index in [2.05, 4.69) is 12.2 Å². The maximum atomic E-state index is 5.89. The number of hydrogen-bond acceptors (Lipinski definition) is 1. The minimum absolute atomic E-state index is 0. The Kier molecular flexibility index (Phi) is 2.97. The molecule has 3 atom stereocenters. The van der Waals surface area contributed by atoms with E-state index in [9.17, 15) is 0 Å². The van der Waals surface area contributed by atoms with E-state index < -0.39 is 0 Å². The monoisotopic (exact) mass is 173 g/mol. The molecule has 0 amide bonds. The van der Waals surface area contributed by atoms with Crippen LogP contribution in [0, 0.1) is 11.8 Å². The lowest BCUT2D eigenvalue weighted by atomic mass is 9.74. The molecule has 0 aliphatic heterocycles. The smallest absolute Gasteiger partial charge is 0.00471 e. The van der Waals surface area contributed by atoms with Gasteiger partial charge >= 0.3 is 0 Å². The lowest BCUT2D eigenvalue weighted by molar-refractivity contribution is 0.262. The van der Waals surface area contributed by atoms with Crippen molar-refractivity contribution in [3.8, 4) is 0 Å². The normalized spacial score (nSPS) is 41.4. The predicted molar refractivity (Wildman–Crippen MR) is 49.8 cm³/mol. The van der Waals surface area contributed by atoms with Crippen molar-refractivity contribution in [1.29, 1.82) is 0 Å². The van der Waals surface area contributed by atoms with Crippen molar-refractivity contribution >= 4 is 12.4 Å². The van der Waals surface area contributed by atoms with Crippen LogP contribution in [-0.4, -0.2) is 6.04 Å². The van der Waals surface area contributed by atoms with E-state index in [4.69, 9.17) is 5.73 Å². The van der Waals surface area contributed by atoms with E-state index >= 15 is 0 Å². The summed E-state index contributed by atoms with van der Waals surface area (Å²) in [6.07, 6.45) is 9.88. The molecular weight excluding hydrogens is 158 g/mol. The van der Waals surface area contributed by atoms with E-state index in [0.717, 1.165) is 11.8 Å². The van der Waals surface area contributed by atoms with Gasteiger partial charge in [-0.1, -0.05) is 12.2 Å². The second-order valence-electron chi connectivity index (χ2n) is 3.76. The summed E-state index contributed by atoms with van der Waals surface area (Å²) in [7, 11) is 0. The SMILES string of the molecule is Cl.NC1CC2C=CCC(C1)C2. The van der Waals surface area contributed by atoms with Gasteiger partial charge in [0.2, 0.25) is 0 Å². The van der Waals surface area contributed by atoms with E-state index in [1.807, 2.05) is 0 Å². The van der Waals surface area contributed by atoms with Crippen LogP contribution in [0.2, 0.25) is 0 Å². The molecule has 0 aromatic heterocycles. The quantitative estimate of drug-likeness (QED) is 0.558. The Balaban J connectivity index is 0.000000605. The van der Waals surface area contributed by atoms with Gasteiger partial charge in [0, 0.05) is 6.04 Å². The fourth-order valence-electron chi connectivity index (χ4n) is 2.35. The first-order valence-electron chi connectivity index (χ1n) is 4.27. The van der Waals surface area contributed by atoms with Gasteiger partial charge in [-0.05, 0) is 37.5 Å². The Morgan fingerprint density at radius 3 is 2.73 bits per heavy atom. The van der Waals surface area contributed by atoms with Crippen LogP contribution in [0.25, 0.3) is 0 Å². The maximum Gasteiger partial charge on any atom is 0.00471 e. The number of hydrogen-bond donors (Lipinski definition) is 1. The van der Waals surface area contributed by atoms with Gasteiger partial charge in [0.25, 0.3) is 0 Å². The predicted octanol–water partition coefficient (Wildman–Crippen LogP) is 2.11. The minimum atomic E-state index is 0. The highest BCUT2D eigenvalue weighted by Crippen LogP contribution is 2.34. The van der Waals surface area contributed by atoms with Crippen LogP contribution in [0.3, 0.4) is 0 Å². The molecule has 2 aliphatic rings. The molecule has 1 saturated carbocycles. The molecule has 1 nitrogen and oxygen atoms in total. The highest BCUT2D eigenvalue weighted by Gasteiger charge is 2.26. The van der Waals surface area contributed by atoms with Crippen LogP contribution in [0.4, 0.5) is 0 Å². The average Bonchev–Trinajstić information content (AvgIpc) is 1.85. The lowest BCUT2D eigenvalue weighted by Crippen LogP contribution is -2.33. The second kappa shape index (κ2) is 3.59. The molecule has 0 heterocycles. The van der Waals surface area contributed by atoms with Crippen LogP contribution >= 0.6 is 12.4 Å². The zero-order valence-electron chi connectivity index (χ0n) is 6.70. The molecule has 0 radical (unpaired) electrons. The molecule has 1 fully saturated rings. The van der Waals surface area contributed by atoms with Crippen molar-refractivity contribution in [2.75, 3.05) is 0 Å². The molecule has 2 heteroatoms. The van der Waals surface area contributed by atoms with Crippen molar-refractivity contribution in [2.45, 2.75) is 31.7 Å². The van der Waals surface area contributed by atoms with E-state index in [-0.39, 0.29) is 12.4 Å². The van der Waals surface area contributed by atoms with Crippen molar-refractivity contribution in [3.63, 3.8) is 0 Å². The third-order valence-electron chi connectivity index (χ3n) is 2.76. The summed E-state index contributed by atoms with van der Waals surface area (Å²) in [5.74, 6) is 1.74. The summed E-state index contributed by atoms with van der Waals surface area (Å²) >= 11 is 0. The van der Waals surface area contributed by atoms with E-state index in [1.165, 1.54) is 25.7 Å². The van der Waals surface area contributed by atoms with Crippen molar-refractivity contribution in [3.05, 3.63) is 12.2 Å². The summed E-state index contributed by atoms with van der Waals surface area (Å²) in [6.45, 7) is 0. The zero-order valence-corrected chi connectivity index (χ0v) is 7.52. The van der Waals surface area contributed by atoms with Gasteiger partial charge in [0.15, 0.2) is 0 Å². The van der Waals surface area contributed by atoms with Crippen LogP contribution < -0.4 is 5.73 Å². The van der Waals surface area contributed by atoms with Gasteiger partial charge in [0.1, 0.15) is 0 Å². The fourth-order valence-corrected chi connectivity index (χ4v) is 2.35. The largest absolute Gasteiger partial charge is 0.328 e. The van der Waals surface area contributed by atoms with Gasteiger partial charge in [0.05, 0.1) is 0 Å². The van der Waals surface area contributed by atoms with Gasteiger partial charge in [-0.15, -0.1) is 12.4 Å². The third kappa shape index (κ3) is 1.97. The number of allylic oxidation sites excluding steroid dienone is 2. The van der Waals surface area contributed by atoms with Crippen LogP contribution in [-0.2, 0) is 0 Å². The molecule has 0 spiro atoms. The molecule has 2 rings (SSSR count). The number of rotatable bonds is 0. The first-order valence-corrected chi connectivity index (χ1v) is 4.27. The molecule has 64 valence electrons. The van der Waals surface area contributed by atoms with E-state index in [1.54, 1.807) is 0 Å². The highest BCUT2D eigenvalue weighted by atomic mass is 35.5. The first-order chi connectivity index (χ1) is 4.84. The first kappa shape index (κ1) is 9.08. The van der Waals surface area contributed by atoms with Gasteiger partial charge in [-0.2, -0.15) is 0 Å². The van der Waals surface area contributed by atoms with Gasteiger partial charge in [-0.3, -0.25) is 0 Å². The number of nitrogens with two attached hydrogens (primary N) is 1. The standard InChI is InChI=1S/C9H15N.ClH/c10-9-5-7-2-1-3-8(4-7)6-9;/h1-2,7-9H,3-6,10H2;1H. The number of fused-ring (bicyclic) bond motifs is 2. The number of halogens is 1. The van der Waals surface area contributed by atoms with Crippen molar-refractivity contribution in [1.82, 2.24) is 0 Å². The highest BCUT2D eigenvalue weighted by molar-refractivity contribution is 5.85. The molecule has 0 aromatic rings. The summed E-state index contributed by atoms with van der Waals surface area (Å²) in [6, 6.07) is 0.494. The van der Waals surface area contributed by atoms with Crippen molar-refractivity contribution < 1.29 is 0 Å². The summed E-state index contributed by atoms with van der Waals surface area (Å²) in [5, 5.41) is 0. The Morgan fingerprint density at radius 1 is 1.18 bits per heavy atom. The zero-order chi connectivity index (χ0) is 6.97.